The van der Waals surface area contributed by atoms with Crippen LogP contribution in [0.4, 0.5) is 0 Å². The van der Waals surface area contributed by atoms with Crippen molar-refractivity contribution in [3.63, 3.8) is 0 Å². The summed E-state index contributed by atoms with van der Waals surface area (Å²) in [5, 5.41) is 8.92. The molecular formula is C18H27N3. The minimum Gasteiger partial charge on any atom is -0.328 e. The topological polar surface area (TPSA) is 53.0 Å². The van der Waals surface area contributed by atoms with E-state index in [4.69, 9.17) is 11.0 Å². The molecule has 1 aliphatic rings. The molecule has 2 N–H and O–H groups in total. The van der Waals surface area contributed by atoms with Gasteiger partial charge in [0.15, 0.2) is 0 Å². The van der Waals surface area contributed by atoms with Gasteiger partial charge in [-0.25, -0.2) is 0 Å². The normalized spacial score (nSPS) is 23.8. The van der Waals surface area contributed by atoms with E-state index in [2.05, 4.69) is 36.9 Å². The first kappa shape index (κ1) is 16.0. The number of hydrogen-bond acceptors (Lipinski definition) is 3. The van der Waals surface area contributed by atoms with Crippen molar-refractivity contribution in [1.29, 1.82) is 5.26 Å². The summed E-state index contributed by atoms with van der Waals surface area (Å²) in [7, 11) is 0. The van der Waals surface area contributed by atoms with E-state index in [0.29, 0.717) is 18.1 Å². The molecule has 0 amide bonds. The van der Waals surface area contributed by atoms with Gasteiger partial charge in [-0.3, -0.25) is 4.90 Å². The van der Waals surface area contributed by atoms with Gasteiger partial charge in [-0.05, 0) is 63.3 Å². The van der Waals surface area contributed by atoms with Crippen molar-refractivity contribution in [2.24, 2.45) is 5.73 Å². The summed E-state index contributed by atoms with van der Waals surface area (Å²) in [5.74, 6) is 0. The molecule has 21 heavy (non-hydrogen) atoms. The van der Waals surface area contributed by atoms with Gasteiger partial charge in [-0.2, -0.15) is 5.26 Å². The third kappa shape index (κ3) is 4.06. The van der Waals surface area contributed by atoms with Gasteiger partial charge in [0, 0.05) is 18.1 Å². The molecular weight excluding hydrogens is 258 g/mol. The van der Waals surface area contributed by atoms with Crippen molar-refractivity contribution < 1.29 is 0 Å². The van der Waals surface area contributed by atoms with E-state index >= 15 is 0 Å². The fourth-order valence-electron chi connectivity index (χ4n) is 3.41. The molecule has 2 rings (SSSR count). The molecule has 1 saturated carbocycles. The Labute approximate surface area is 128 Å². The molecule has 0 aliphatic heterocycles. The lowest BCUT2D eigenvalue weighted by Gasteiger charge is -2.40. The standard InChI is InChI=1S/C18H27N3/c1-3-12-21(18-10-8-17(20)9-11-18)14(2)16-6-4-15(13-19)5-7-16/h4-7,14,17-18H,3,8-12,20H2,1-2H3. The monoisotopic (exact) mass is 285 g/mol. The van der Waals surface area contributed by atoms with E-state index in [1.165, 1.54) is 24.8 Å². The van der Waals surface area contributed by atoms with Crippen LogP contribution in [0.5, 0.6) is 0 Å². The second-order valence-corrected chi connectivity index (χ2v) is 6.22. The van der Waals surface area contributed by atoms with Crippen molar-refractivity contribution in [2.75, 3.05) is 6.54 Å². The van der Waals surface area contributed by atoms with E-state index in [-0.39, 0.29) is 0 Å². The van der Waals surface area contributed by atoms with Gasteiger partial charge in [0.05, 0.1) is 11.6 Å². The maximum atomic E-state index is 8.92. The van der Waals surface area contributed by atoms with Crippen molar-refractivity contribution in [3.05, 3.63) is 35.4 Å². The summed E-state index contributed by atoms with van der Waals surface area (Å²) in [6.45, 7) is 5.65. The van der Waals surface area contributed by atoms with Crippen molar-refractivity contribution >= 4 is 0 Å². The van der Waals surface area contributed by atoms with Crippen LogP contribution in [0.3, 0.4) is 0 Å². The summed E-state index contributed by atoms with van der Waals surface area (Å²) in [5.41, 5.74) is 8.08. The first-order valence-corrected chi connectivity index (χ1v) is 8.17. The van der Waals surface area contributed by atoms with E-state index in [9.17, 15) is 0 Å². The Balaban J connectivity index is 2.10. The van der Waals surface area contributed by atoms with Gasteiger partial charge >= 0.3 is 0 Å². The zero-order chi connectivity index (χ0) is 15.2. The van der Waals surface area contributed by atoms with Crippen LogP contribution < -0.4 is 5.73 Å². The average molecular weight is 285 g/mol. The Bertz CT molecular complexity index is 466. The van der Waals surface area contributed by atoms with Crippen LogP contribution in [0.1, 0.15) is 63.1 Å². The number of hydrogen-bond donors (Lipinski definition) is 1. The molecule has 0 saturated heterocycles. The highest BCUT2D eigenvalue weighted by Gasteiger charge is 2.27. The van der Waals surface area contributed by atoms with Crippen molar-refractivity contribution in [2.45, 2.75) is 64.1 Å². The molecule has 0 bridgehead atoms. The molecule has 0 radical (unpaired) electrons. The largest absolute Gasteiger partial charge is 0.328 e. The smallest absolute Gasteiger partial charge is 0.0991 e. The Morgan fingerprint density at radius 2 is 1.86 bits per heavy atom. The number of nitriles is 1. The molecule has 0 aromatic heterocycles. The molecule has 3 nitrogen and oxygen atoms in total. The summed E-state index contributed by atoms with van der Waals surface area (Å²) < 4.78 is 0. The summed E-state index contributed by atoms with van der Waals surface area (Å²) in [6, 6.07) is 11.7. The average Bonchev–Trinajstić information content (AvgIpc) is 2.53. The zero-order valence-electron chi connectivity index (χ0n) is 13.3. The van der Waals surface area contributed by atoms with Gasteiger partial charge in [0.2, 0.25) is 0 Å². The highest BCUT2D eigenvalue weighted by atomic mass is 15.2. The Kier molecular flexibility index (Phi) is 5.78. The van der Waals surface area contributed by atoms with Crippen LogP contribution in [0.15, 0.2) is 24.3 Å². The zero-order valence-corrected chi connectivity index (χ0v) is 13.3. The summed E-state index contributed by atoms with van der Waals surface area (Å²) >= 11 is 0. The SMILES string of the molecule is CCCN(C1CCC(N)CC1)C(C)c1ccc(C#N)cc1. The fraction of sp³-hybridized carbons (Fsp3) is 0.611. The highest BCUT2D eigenvalue weighted by molar-refractivity contribution is 5.32. The van der Waals surface area contributed by atoms with Gasteiger partial charge in [0.1, 0.15) is 0 Å². The molecule has 1 aromatic carbocycles. The highest BCUT2D eigenvalue weighted by Crippen LogP contribution is 2.30. The Morgan fingerprint density at radius 3 is 2.38 bits per heavy atom. The van der Waals surface area contributed by atoms with Crippen molar-refractivity contribution in [1.82, 2.24) is 4.90 Å². The van der Waals surface area contributed by atoms with Gasteiger partial charge < -0.3 is 5.73 Å². The lowest BCUT2D eigenvalue weighted by Crippen LogP contribution is -2.42. The second-order valence-electron chi connectivity index (χ2n) is 6.22. The van der Waals surface area contributed by atoms with Crippen LogP contribution in [0, 0.1) is 11.3 Å². The molecule has 1 aromatic rings. The molecule has 114 valence electrons. The molecule has 1 fully saturated rings. The van der Waals surface area contributed by atoms with Crippen LogP contribution in [0.2, 0.25) is 0 Å². The number of nitrogens with two attached hydrogens (primary N) is 1. The van der Waals surface area contributed by atoms with Crippen LogP contribution in [-0.2, 0) is 0 Å². The molecule has 1 unspecified atom stereocenters. The third-order valence-corrected chi connectivity index (χ3v) is 4.71. The summed E-state index contributed by atoms with van der Waals surface area (Å²) in [4.78, 5) is 2.63. The van der Waals surface area contributed by atoms with E-state index in [1.807, 2.05) is 12.1 Å². The first-order valence-electron chi connectivity index (χ1n) is 8.17. The quantitative estimate of drug-likeness (QED) is 0.899. The molecule has 1 aliphatic carbocycles. The van der Waals surface area contributed by atoms with Crippen LogP contribution in [-0.4, -0.2) is 23.5 Å². The maximum absolute atomic E-state index is 8.92. The number of rotatable bonds is 5. The van der Waals surface area contributed by atoms with Gasteiger partial charge in [-0.1, -0.05) is 19.1 Å². The van der Waals surface area contributed by atoms with E-state index < -0.39 is 0 Å². The van der Waals surface area contributed by atoms with Gasteiger partial charge in [-0.15, -0.1) is 0 Å². The summed E-state index contributed by atoms with van der Waals surface area (Å²) in [6.07, 6.45) is 5.88. The molecule has 0 heterocycles. The van der Waals surface area contributed by atoms with Crippen molar-refractivity contribution in [3.8, 4) is 6.07 Å². The molecule has 1 atom stereocenters. The third-order valence-electron chi connectivity index (χ3n) is 4.71. The number of nitrogens with zero attached hydrogens (tertiary/aromatic N) is 2. The number of benzene rings is 1. The minimum atomic E-state index is 0.398. The van der Waals surface area contributed by atoms with E-state index in [1.54, 1.807) is 0 Å². The predicted molar refractivity (Wildman–Crippen MR) is 86.8 cm³/mol. The maximum Gasteiger partial charge on any atom is 0.0991 e. The fourth-order valence-corrected chi connectivity index (χ4v) is 3.41. The van der Waals surface area contributed by atoms with Crippen LogP contribution in [0.25, 0.3) is 0 Å². The molecule has 0 spiro atoms. The van der Waals surface area contributed by atoms with E-state index in [0.717, 1.165) is 24.9 Å². The Morgan fingerprint density at radius 1 is 1.24 bits per heavy atom. The second kappa shape index (κ2) is 7.59. The lowest BCUT2D eigenvalue weighted by molar-refractivity contribution is 0.107. The Hall–Kier alpha value is -1.37. The lowest BCUT2D eigenvalue weighted by atomic mass is 9.89. The molecule has 3 heteroatoms. The van der Waals surface area contributed by atoms with Crippen LogP contribution >= 0.6 is 0 Å². The minimum absolute atomic E-state index is 0.398. The van der Waals surface area contributed by atoms with Gasteiger partial charge in [0.25, 0.3) is 0 Å². The predicted octanol–water partition coefficient (Wildman–Crippen LogP) is 3.60. The first-order chi connectivity index (χ1) is 10.2.